The summed E-state index contributed by atoms with van der Waals surface area (Å²) in [6.45, 7) is 5.63. The molecule has 0 unspecified atom stereocenters. The first kappa shape index (κ1) is 17.8. The minimum absolute atomic E-state index is 0.289. The molecular weight excluding hydrogens is 360 g/mol. The molecule has 0 bridgehead atoms. The van der Waals surface area contributed by atoms with Crippen LogP contribution in [0.25, 0.3) is 5.57 Å². The van der Waals surface area contributed by atoms with Gasteiger partial charge in [0.25, 0.3) is 11.8 Å². The van der Waals surface area contributed by atoms with Gasteiger partial charge in [-0.05, 0) is 55.5 Å². The van der Waals surface area contributed by atoms with Crippen LogP contribution in [0.1, 0.15) is 29.5 Å². The highest BCUT2D eigenvalue weighted by molar-refractivity contribution is 6.47. The van der Waals surface area contributed by atoms with Crippen molar-refractivity contribution in [3.63, 3.8) is 0 Å². The lowest BCUT2D eigenvalue weighted by Crippen LogP contribution is -2.34. The number of benzene rings is 2. The summed E-state index contributed by atoms with van der Waals surface area (Å²) in [4.78, 5) is 30.0. The molecule has 0 N–H and O–H groups in total. The summed E-state index contributed by atoms with van der Waals surface area (Å²) in [5.41, 5.74) is 4.45. The Morgan fingerprint density at radius 2 is 1.59 bits per heavy atom. The number of hydrogen-bond acceptors (Lipinski definition) is 3. The summed E-state index contributed by atoms with van der Waals surface area (Å²) in [7, 11) is 0. The fourth-order valence-corrected chi connectivity index (χ4v) is 3.98. The maximum absolute atomic E-state index is 13.4. The van der Waals surface area contributed by atoms with Crippen molar-refractivity contribution < 1.29 is 9.59 Å². The van der Waals surface area contributed by atoms with E-state index in [9.17, 15) is 9.59 Å². The van der Waals surface area contributed by atoms with E-state index in [4.69, 9.17) is 11.6 Å². The first-order valence-corrected chi connectivity index (χ1v) is 9.57. The number of imide groups is 1. The van der Waals surface area contributed by atoms with Gasteiger partial charge in [0.2, 0.25) is 0 Å². The van der Waals surface area contributed by atoms with Crippen LogP contribution >= 0.6 is 11.6 Å². The third kappa shape index (κ3) is 2.94. The second-order valence-electron chi connectivity index (χ2n) is 7.11. The molecule has 2 aliphatic heterocycles. The fourth-order valence-electron chi connectivity index (χ4n) is 3.76. The molecule has 0 radical (unpaired) electrons. The van der Waals surface area contributed by atoms with Gasteiger partial charge in [-0.15, -0.1) is 0 Å². The quantitative estimate of drug-likeness (QED) is 0.744. The molecule has 0 spiro atoms. The topological polar surface area (TPSA) is 40.6 Å². The van der Waals surface area contributed by atoms with Gasteiger partial charge in [-0.1, -0.05) is 41.9 Å². The largest absolute Gasteiger partial charge is 0.366 e. The smallest absolute Gasteiger partial charge is 0.282 e. The van der Waals surface area contributed by atoms with Crippen LogP contribution in [0.3, 0.4) is 0 Å². The summed E-state index contributed by atoms with van der Waals surface area (Å²) >= 11 is 6.30. The lowest BCUT2D eigenvalue weighted by atomic mass is 9.99. The third-order valence-electron chi connectivity index (χ3n) is 5.37. The van der Waals surface area contributed by atoms with E-state index >= 15 is 0 Å². The summed E-state index contributed by atoms with van der Waals surface area (Å²) in [5, 5.41) is 0.390. The molecule has 2 heterocycles. The Balaban J connectivity index is 1.88. The van der Waals surface area contributed by atoms with E-state index in [1.54, 1.807) is 24.3 Å². The lowest BCUT2D eigenvalue weighted by Gasteiger charge is -2.20. The SMILES string of the molecule is Cc1ccc(C2=C(N3CCCC3)C(=O)N(c3ccccc3Cl)C2=O)cc1C. The first-order valence-electron chi connectivity index (χ1n) is 9.19. The van der Waals surface area contributed by atoms with Gasteiger partial charge in [0, 0.05) is 13.1 Å². The van der Waals surface area contributed by atoms with Crippen molar-refractivity contribution >= 4 is 34.7 Å². The van der Waals surface area contributed by atoms with Gasteiger partial charge in [-0.25, -0.2) is 4.90 Å². The Morgan fingerprint density at radius 1 is 0.889 bits per heavy atom. The number of nitrogens with zero attached hydrogens (tertiary/aromatic N) is 2. The van der Waals surface area contributed by atoms with E-state index in [-0.39, 0.29) is 11.8 Å². The molecule has 138 valence electrons. The Bertz CT molecular complexity index is 974. The van der Waals surface area contributed by atoms with Crippen molar-refractivity contribution in [3.8, 4) is 0 Å². The molecule has 2 aliphatic rings. The van der Waals surface area contributed by atoms with Crippen molar-refractivity contribution in [2.45, 2.75) is 26.7 Å². The van der Waals surface area contributed by atoms with Gasteiger partial charge in [0.1, 0.15) is 5.70 Å². The number of para-hydroxylation sites is 1. The summed E-state index contributed by atoms with van der Waals surface area (Å²) in [6.07, 6.45) is 2.05. The maximum atomic E-state index is 13.4. The standard InChI is InChI=1S/C22H21ClN2O2/c1-14-9-10-16(13-15(14)2)19-20(24-11-5-6-12-24)22(27)25(21(19)26)18-8-4-3-7-17(18)23/h3-4,7-10,13H,5-6,11-12H2,1-2H3. The predicted molar refractivity (Wildman–Crippen MR) is 108 cm³/mol. The molecule has 0 aliphatic carbocycles. The van der Waals surface area contributed by atoms with Crippen LogP contribution in [-0.2, 0) is 9.59 Å². The van der Waals surface area contributed by atoms with Crippen LogP contribution in [0.5, 0.6) is 0 Å². The third-order valence-corrected chi connectivity index (χ3v) is 5.69. The average molecular weight is 381 g/mol. The van der Waals surface area contributed by atoms with Crippen LogP contribution in [0.4, 0.5) is 5.69 Å². The van der Waals surface area contributed by atoms with E-state index in [0.29, 0.717) is 22.0 Å². The normalized spacial score (nSPS) is 17.4. The number of aryl methyl sites for hydroxylation is 2. The Hall–Kier alpha value is -2.59. The zero-order chi connectivity index (χ0) is 19.1. The van der Waals surface area contributed by atoms with Gasteiger partial charge in [-0.2, -0.15) is 0 Å². The van der Waals surface area contributed by atoms with Crippen molar-refractivity contribution in [2.24, 2.45) is 0 Å². The van der Waals surface area contributed by atoms with Gasteiger partial charge in [-0.3, -0.25) is 9.59 Å². The molecule has 4 nitrogen and oxygen atoms in total. The Morgan fingerprint density at radius 3 is 2.26 bits per heavy atom. The molecular formula is C22H21ClN2O2. The molecule has 0 atom stereocenters. The average Bonchev–Trinajstić information content (AvgIpc) is 3.25. The van der Waals surface area contributed by atoms with Gasteiger partial charge < -0.3 is 4.90 Å². The number of rotatable bonds is 3. The number of carbonyl (C=O) groups excluding carboxylic acids is 2. The predicted octanol–water partition coefficient (Wildman–Crippen LogP) is 4.34. The van der Waals surface area contributed by atoms with Crippen LogP contribution < -0.4 is 4.90 Å². The van der Waals surface area contributed by atoms with Gasteiger partial charge in [0.15, 0.2) is 0 Å². The van der Waals surface area contributed by atoms with E-state index < -0.39 is 0 Å². The second kappa shape index (κ2) is 6.86. The van der Waals surface area contributed by atoms with Crippen LogP contribution in [0.2, 0.25) is 5.02 Å². The molecule has 5 heteroatoms. The number of amides is 2. The molecule has 1 fully saturated rings. The van der Waals surface area contributed by atoms with Gasteiger partial charge >= 0.3 is 0 Å². The first-order chi connectivity index (χ1) is 13.0. The Labute approximate surface area is 164 Å². The highest BCUT2D eigenvalue weighted by Gasteiger charge is 2.43. The monoisotopic (exact) mass is 380 g/mol. The minimum atomic E-state index is -0.307. The zero-order valence-corrected chi connectivity index (χ0v) is 16.2. The molecule has 2 amide bonds. The van der Waals surface area contributed by atoms with E-state index in [1.807, 2.05) is 36.9 Å². The molecule has 1 saturated heterocycles. The number of halogens is 1. The molecule has 27 heavy (non-hydrogen) atoms. The van der Waals surface area contributed by atoms with Crippen molar-refractivity contribution in [2.75, 3.05) is 18.0 Å². The van der Waals surface area contributed by atoms with Crippen LogP contribution in [0.15, 0.2) is 48.2 Å². The maximum Gasteiger partial charge on any atom is 0.282 e. The highest BCUT2D eigenvalue weighted by atomic mass is 35.5. The second-order valence-corrected chi connectivity index (χ2v) is 7.52. The zero-order valence-electron chi connectivity index (χ0n) is 15.5. The van der Waals surface area contributed by atoms with Crippen molar-refractivity contribution in [3.05, 3.63) is 69.9 Å². The molecule has 0 saturated carbocycles. The number of anilines is 1. The highest BCUT2D eigenvalue weighted by Crippen LogP contribution is 2.38. The van der Waals surface area contributed by atoms with Gasteiger partial charge in [0.05, 0.1) is 16.3 Å². The summed E-state index contributed by atoms with van der Waals surface area (Å²) in [6, 6.07) is 12.9. The molecule has 2 aromatic carbocycles. The number of hydrogen-bond donors (Lipinski definition) is 0. The fraction of sp³-hybridized carbons (Fsp3) is 0.273. The lowest BCUT2D eigenvalue weighted by molar-refractivity contribution is -0.120. The van der Waals surface area contributed by atoms with E-state index in [0.717, 1.165) is 42.6 Å². The van der Waals surface area contributed by atoms with E-state index in [1.165, 1.54) is 4.90 Å². The Kier molecular flexibility index (Phi) is 4.52. The van der Waals surface area contributed by atoms with Crippen molar-refractivity contribution in [1.29, 1.82) is 0 Å². The molecule has 2 aromatic rings. The summed E-state index contributed by atoms with van der Waals surface area (Å²) < 4.78 is 0. The molecule has 4 rings (SSSR count). The van der Waals surface area contributed by atoms with Crippen molar-refractivity contribution in [1.82, 2.24) is 4.90 Å². The van der Waals surface area contributed by atoms with E-state index in [2.05, 4.69) is 0 Å². The summed E-state index contributed by atoms with van der Waals surface area (Å²) in [5.74, 6) is -0.596. The number of carbonyl (C=O) groups is 2. The van der Waals surface area contributed by atoms with Crippen LogP contribution in [-0.4, -0.2) is 29.8 Å². The number of likely N-dealkylation sites (tertiary alicyclic amines) is 1. The minimum Gasteiger partial charge on any atom is -0.366 e. The van der Waals surface area contributed by atoms with Crippen LogP contribution in [0, 0.1) is 13.8 Å². The molecule has 0 aromatic heterocycles.